The molecular formula is C20H23ClN6. The Bertz CT molecular complexity index is 869. The molecule has 27 heavy (non-hydrogen) atoms. The molecule has 0 fully saturated rings. The lowest BCUT2D eigenvalue weighted by Gasteiger charge is -2.13. The van der Waals surface area contributed by atoms with Gasteiger partial charge in [0.2, 0.25) is 5.95 Å². The van der Waals surface area contributed by atoms with Crippen molar-refractivity contribution < 1.29 is 0 Å². The van der Waals surface area contributed by atoms with Gasteiger partial charge in [0.15, 0.2) is 0 Å². The van der Waals surface area contributed by atoms with Gasteiger partial charge < -0.3 is 15.5 Å². The summed E-state index contributed by atoms with van der Waals surface area (Å²) < 4.78 is 0. The van der Waals surface area contributed by atoms with Gasteiger partial charge in [0.05, 0.1) is 16.4 Å². The number of anilines is 3. The van der Waals surface area contributed by atoms with Crippen LogP contribution in [0.1, 0.15) is 6.42 Å². The molecular weight excluding hydrogens is 360 g/mol. The largest absolute Gasteiger partial charge is 0.354 e. The Morgan fingerprint density at radius 2 is 1.81 bits per heavy atom. The van der Waals surface area contributed by atoms with Crippen molar-refractivity contribution in [1.29, 1.82) is 0 Å². The van der Waals surface area contributed by atoms with Gasteiger partial charge in [-0.15, -0.1) is 0 Å². The van der Waals surface area contributed by atoms with Crippen molar-refractivity contribution in [3.63, 3.8) is 0 Å². The number of rotatable bonds is 8. The Morgan fingerprint density at radius 3 is 2.56 bits per heavy atom. The van der Waals surface area contributed by atoms with E-state index in [0.29, 0.717) is 16.8 Å². The topological polar surface area (TPSA) is 66.0 Å². The van der Waals surface area contributed by atoms with Crippen LogP contribution >= 0.6 is 11.6 Å². The van der Waals surface area contributed by atoms with Crippen molar-refractivity contribution in [3.05, 3.63) is 59.9 Å². The maximum absolute atomic E-state index is 6.27. The van der Waals surface area contributed by atoms with Crippen molar-refractivity contribution in [2.24, 2.45) is 0 Å². The van der Waals surface area contributed by atoms with Crippen LogP contribution in [0.4, 0.5) is 17.5 Å². The molecule has 2 heterocycles. The van der Waals surface area contributed by atoms with E-state index in [1.165, 1.54) is 0 Å². The lowest BCUT2D eigenvalue weighted by atomic mass is 10.2. The minimum absolute atomic E-state index is 0.581. The number of pyridine rings is 1. The Hall–Kier alpha value is -2.70. The molecule has 0 spiro atoms. The molecule has 2 N–H and O–H groups in total. The molecule has 0 unspecified atom stereocenters. The number of para-hydroxylation sites is 1. The van der Waals surface area contributed by atoms with Gasteiger partial charge in [-0.05, 0) is 51.3 Å². The number of hydrogen-bond donors (Lipinski definition) is 2. The third-order valence-electron chi connectivity index (χ3n) is 3.90. The van der Waals surface area contributed by atoms with Crippen LogP contribution in [0, 0.1) is 0 Å². The number of halogens is 1. The second kappa shape index (κ2) is 9.30. The van der Waals surface area contributed by atoms with Crippen LogP contribution in [0.5, 0.6) is 0 Å². The fraction of sp³-hybridized carbons (Fsp3) is 0.250. The van der Waals surface area contributed by atoms with Crippen LogP contribution < -0.4 is 10.6 Å². The zero-order chi connectivity index (χ0) is 19.1. The minimum Gasteiger partial charge on any atom is -0.354 e. The van der Waals surface area contributed by atoms with Crippen LogP contribution in [0.15, 0.2) is 54.9 Å². The third-order valence-corrected chi connectivity index (χ3v) is 4.23. The highest BCUT2D eigenvalue weighted by atomic mass is 35.5. The highest BCUT2D eigenvalue weighted by Crippen LogP contribution is 2.27. The van der Waals surface area contributed by atoms with Gasteiger partial charge >= 0.3 is 0 Å². The van der Waals surface area contributed by atoms with Crippen molar-refractivity contribution in [2.75, 3.05) is 37.8 Å². The lowest BCUT2D eigenvalue weighted by Crippen LogP contribution is -2.17. The molecule has 0 aliphatic rings. The molecule has 1 aromatic carbocycles. The molecule has 0 aliphatic heterocycles. The van der Waals surface area contributed by atoms with Crippen LogP contribution in [-0.2, 0) is 0 Å². The summed E-state index contributed by atoms with van der Waals surface area (Å²) in [6, 6.07) is 13.3. The Kier molecular flexibility index (Phi) is 6.57. The zero-order valence-electron chi connectivity index (χ0n) is 15.5. The predicted molar refractivity (Wildman–Crippen MR) is 112 cm³/mol. The van der Waals surface area contributed by atoms with Crippen molar-refractivity contribution >= 4 is 29.1 Å². The van der Waals surface area contributed by atoms with E-state index < -0.39 is 0 Å². The van der Waals surface area contributed by atoms with Gasteiger partial charge in [-0.25, -0.2) is 4.98 Å². The number of nitrogens with one attached hydrogen (secondary N) is 2. The predicted octanol–water partition coefficient (Wildman–Crippen LogP) is 4.30. The summed E-state index contributed by atoms with van der Waals surface area (Å²) >= 11 is 6.27. The SMILES string of the molecule is CN(C)CCCNc1nc(Nc2ccccc2Cl)cc(-c2ccncc2)n1. The molecule has 0 saturated heterocycles. The highest BCUT2D eigenvalue weighted by molar-refractivity contribution is 6.33. The first-order valence-corrected chi connectivity index (χ1v) is 9.19. The highest BCUT2D eigenvalue weighted by Gasteiger charge is 2.08. The van der Waals surface area contributed by atoms with Gasteiger partial charge in [0.1, 0.15) is 5.82 Å². The van der Waals surface area contributed by atoms with Gasteiger partial charge in [0.25, 0.3) is 0 Å². The van der Waals surface area contributed by atoms with E-state index in [1.807, 2.05) is 42.5 Å². The van der Waals surface area contributed by atoms with Crippen LogP contribution in [0.2, 0.25) is 5.02 Å². The third kappa shape index (κ3) is 5.64. The summed E-state index contributed by atoms with van der Waals surface area (Å²) in [6.07, 6.45) is 4.51. The summed E-state index contributed by atoms with van der Waals surface area (Å²) in [4.78, 5) is 15.5. The molecule has 0 radical (unpaired) electrons. The number of nitrogens with zero attached hydrogens (tertiary/aromatic N) is 4. The summed E-state index contributed by atoms with van der Waals surface area (Å²) in [5.41, 5.74) is 2.60. The van der Waals surface area contributed by atoms with E-state index in [1.54, 1.807) is 12.4 Å². The molecule has 0 amide bonds. The maximum Gasteiger partial charge on any atom is 0.225 e. The van der Waals surface area contributed by atoms with Crippen LogP contribution in [0.3, 0.4) is 0 Å². The molecule has 0 bridgehead atoms. The minimum atomic E-state index is 0.581. The molecule has 0 saturated carbocycles. The average Bonchev–Trinajstić information content (AvgIpc) is 2.67. The standard InChI is InChI=1S/C20H23ClN6/c1-27(2)13-5-10-23-20-25-18(15-8-11-22-12-9-15)14-19(26-20)24-17-7-4-3-6-16(17)21/h3-4,6-9,11-12,14H,5,10,13H2,1-2H3,(H2,23,24,25,26). The average molecular weight is 383 g/mol. The summed E-state index contributed by atoms with van der Waals surface area (Å²) in [6.45, 7) is 1.80. The smallest absolute Gasteiger partial charge is 0.225 e. The second-order valence-corrected chi connectivity index (χ2v) is 6.79. The van der Waals surface area contributed by atoms with E-state index in [4.69, 9.17) is 11.6 Å². The first-order valence-electron chi connectivity index (χ1n) is 8.81. The normalized spacial score (nSPS) is 10.8. The van der Waals surface area contributed by atoms with Gasteiger partial charge in [-0.2, -0.15) is 4.98 Å². The fourth-order valence-corrected chi connectivity index (χ4v) is 2.74. The molecule has 6 nitrogen and oxygen atoms in total. The van der Waals surface area contributed by atoms with Crippen molar-refractivity contribution in [2.45, 2.75) is 6.42 Å². The molecule has 0 atom stereocenters. The number of benzene rings is 1. The van der Waals surface area contributed by atoms with E-state index >= 15 is 0 Å². The monoisotopic (exact) mass is 382 g/mol. The molecule has 2 aromatic heterocycles. The van der Waals surface area contributed by atoms with Gasteiger partial charge in [-0.3, -0.25) is 4.98 Å². The number of hydrogen-bond acceptors (Lipinski definition) is 6. The molecule has 3 aromatic rings. The van der Waals surface area contributed by atoms with E-state index in [9.17, 15) is 0 Å². The molecule has 3 rings (SSSR count). The summed E-state index contributed by atoms with van der Waals surface area (Å²) in [7, 11) is 4.12. The first kappa shape index (κ1) is 19.1. The Labute approximate surface area is 164 Å². The fourth-order valence-electron chi connectivity index (χ4n) is 2.56. The lowest BCUT2D eigenvalue weighted by molar-refractivity contribution is 0.405. The van der Waals surface area contributed by atoms with E-state index in [-0.39, 0.29) is 0 Å². The van der Waals surface area contributed by atoms with Gasteiger partial charge in [-0.1, -0.05) is 23.7 Å². The van der Waals surface area contributed by atoms with Crippen LogP contribution in [-0.4, -0.2) is 47.0 Å². The second-order valence-electron chi connectivity index (χ2n) is 6.39. The molecule has 0 aliphatic carbocycles. The molecule has 140 valence electrons. The van der Waals surface area contributed by atoms with Crippen LogP contribution in [0.25, 0.3) is 11.3 Å². The van der Waals surface area contributed by atoms with Crippen molar-refractivity contribution in [3.8, 4) is 11.3 Å². The van der Waals surface area contributed by atoms with Gasteiger partial charge in [0, 0.05) is 30.6 Å². The Balaban J connectivity index is 1.85. The zero-order valence-corrected chi connectivity index (χ0v) is 16.2. The molecule has 7 heteroatoms. The van der Waals surface area contributed by atoms with E-state index in [0.717, 1.165) is 36.5 Å². The quantitative estimate of drug-likeness (QED) is 0.566. The van der Waals surface area contributed by atoms with E-state index in [2.05, 4.69) is 44.6 Å². The summed E-state index contributed by atoms with van der Waals surface area (Å²) in [5, 5.41) is 7.24. The Morgan fingerprint density at radius 1 is 1.04 bits per heavy atom. The van der Waals surface area contributed by atoms with Crippen molar-refractivity contribution in [1.82, 2.24) is 19.9 Å². The summed E-state index contributed by atoms with van der Waals surface area (Å²) in [5.74, 6) is 1.26. The maximum atomic E-state index is 6.27. The first-order chi connectivity index (χ1) is 13.1. The number of aromatic nitrogens is 3.